The van der Waals surface area contributed by atoms with E-state index in [2.05, 4.69) is 27.5 Å². The van der Waals surface area contributed by atoms with E-state index in [4.69, 9.17) is 16.6 Å². The summed E-state index contributed by atoms with van der Waals surface area (Å²) in [6.45, 7) is 1.64. The fraction of sp³-hybridized carbons (Fsp3) is 0.625. The summed E-state index contributed by atoms with van der Waals surface area (Å²) in [6.07, 6.45) is 3.55. The average molecular weight is 400 g/mol. The third-order valence-corrected chi connectivity index (χ3v) is 8.09. The molecule has 25 heavy (non-hydrogen) atoms. The molecular weight excluding hydrogens is 378 g/mol. The maximum Gasteiger partial charge on any atom is 0.288 e. The number of likely N-dealkylation sites (tertiary alicyclic amines) is 1. The molecule has 0 saturated carbocycles. The maximum atomic E-state index is 11.6. The van der Waals surface area contributed by atoms with E-state index < -0.39 is 9.84 Å². The number of aromatic nitrogens is 2. The van der Waals surface area contributed by atoms with Gasteiger partial charge in [0.25, 0.3) is 4.84 Å². The van der Waals surface area contributed by atoms with E-state index in [9.17, 15) is 8.42 Å². The number of nitrogens with zero attached hydrogens (tertiary/aromatic N) is 3. The van der Waals surface area contributed by atoms with Crippen molar-refractivity contribution in [3.8, 4) is 0 Å². The van der Waals surface area contributed by atoms with E-state index in [1.807, 2.05) is 0 Å². The molecule has 0 bridgehead atoms. The van der Waals surface area contributed by atoms with Crippen LogP contribution in [0.1, 0.15) is 36.1 Å². The predicted molar refractivity (Wildman–Crippen MR) is 98.8 cm³/mol. The van der Waals surface area contributed by atoms with Gasteiger partial charge in [-0.25, -0.2) is 13.1 Å². The van der Waals surface area contributed by atoms with Crippen LogP contribution in [0.4, 0.5) is 0 Å². The van der Waals surface area contributed by atoms with Gasteiger partial charge in [-0.05, 0) is 48.8 Å². The van der Waals surface area contributed by atoms with Crippen molar-refractivity contribution < 1.29 is 12.8 Å². The van der Waals surface area contributed by atoms with E-state index in [0.717, 1.165) is 13.0 Å². The van der Waals surface area contributed by atoms with Crippen LogP contribution in [0.3, 0.4) is 0 Å². The topological polar surface area (TPSA) is 68.3 Å². The fourth-order valence-electron chi connectivity index (χ4n) is 3.77. The molecule has 4 heterocycles. The van der Waals surface area contributed by atoms with E-state index in [1.54, 1.807) is 16.0 Å². The summed E-state index contributed by atoms with van der Waals surface area (Å²) in [5.41, 5.74) is 0. The quantitative estimate of drug-likeness (QED) is 0.720. The lowest BCUT2D eigenvalue weighted by molar-refractivity contribution is 0.190. The van der Waals surface area contributed by atoms with Gasteiger partial charge < -0.3 is 4.42 Å². The minimum atomic E-state index is -2.88. The molecule has 0 N–H and O–H groups in total. The van der Waals surface area contributed by atoms with Gasteiger partial charge in [0, 0.05) is 23.9 Å². The second-order valence-electron chi connectivity index (χ2n) is 6.86. The van der Waals surface area contributed by atoms with Crippen LogP contribution in [0.2, 0.25) is 0 Å². The molecule has 9 heteroatoms. The fourth-order valence-corrected chi connectivity index (χ4v) is 6.72. The Morgan fingerprint density at radius 3 is 3.00 bits per heavy atom. The van der Waals surface area contributed by atoms with Gasteiger partial charge in [-0.2, -0.15) is 0 Å². The maximum absolute atomic E-state index is 11.6. The Balaban J connectivity index is 1.45. The van der Waals surface area contributed by atoms with Crippen molar-refractivity contribution >= 4 is 33.4 Å². The van der Waals surface area contributed by atoms with Crippen molar-refractivity contribution in [2.45, 2.75) is 38.4 Å². The van der Waals surface area contributed by atoms with E-state index >= 15 is 0 Å². The van der Waals surface area contributed by atoms with Gasteiger partial charge in [-0.3, -0.25) is 4.90 Å². The molecule has 2 aliphatic heterocycles. The van der Waals surface area contributed by atoms with Gasteiger partial charge in [0.2, 0.25) is 5.89 Å². The normalized spacial score (nSPS) is 26.4. The number of thiophene rings is 1. The molecule has 2 aliphatic rings. The van der Waals surface area contributed by atoms with E-state index in [0.29, 0.717) is 36.3 Å². The summed E-state index contributed by atoms with van der Waals surface area (Å²) < 4.78 is 30.6. The molecule has 0 amide bonds. The summed E-state index contributed by atoms with van der Waals surface area (Å²) in [5.74, 6) is 1.15. The predicted octanol–water partition coefficient (Wildman–Crippen LogP) is 3.04. The lowest BCUT2D eigenvalue weighted by atomic mass is 10.1. The lowest BCUT2D eigenvalue weighted by Gasteiger charge is -2.22. The summed E-state index contributed by atoms with van der Waals surface area (Å²) in [6, 6.07) is 4.69. The number of hydrogen-bond acceptors (Lipinski definition) is 7. The molecule has 6 nitrogen and oxygen atoms in total. The molecule has 2 atom stereocenters. The van der Waals surface area contributed by atoms with Gasteiger partial charge in [-0.1, -0.05) is 6.07 Å². The first kappa shape index (κ1) is 17.4. The highest BCUT2D eigenvalue weighted by Crippen LogP contribution is 2.34. The highest BCUT2D eigenvalue weighted by atomic mass is 32.2. The van der Waals surface area contributed by atoms with E-state index in [-0.39, 0.29) is 17.4 Å². The summed E-state index contributed by atoms with van der Waals surface area (Å²) >= 11 is 7.11. The Kier molecular flexibility index (Phi) is 4.83. The van der Waals surface area contributed by atoms with Crippen LogP contribution in [0.25, 0.3) is 0 Å². The molecule has 0 aromatic carbocycles. The van der Waals surface area contributed by atoms with E-state index in [1.165, 1.54) is 11.3 Å². The molecule has 2 aromatic rings. The van der Waals surface area contributed by atoms with Crippen molar-refractivity contribution in [2.24, 2.45) is 5.92 Å². The first-order valence-electron chi connectivity index (χ1n) is 8.55. The average Bonchev–Trinajstić information content (AvgIpc) is 3.30. The highest BCUT2D eigenvalue weighted by molar-refractivity contribution is 7.91. The molecule has 0 spiro atoms. The van der Waals surface area contributed by atoms with Gasteiger partial charge in [0.05, 0.1) is 18.2 Å². The Labute approximate surface area is 156 Å². The third-order valence-electron chi connectivity index (χ3n) is 4.99. The smallest absolute Gasteiger partial charge is 0.288 e. The molecular formula is C16H21N3O3S3. The molecule has 0 radical (unpaired) electrons. The van der Waals surface area contributed by atoms with Crippen LogP contribution in [0.15, 0.2) is 21.9 Å². The molecule has 136 valence electrons. The molecule has 2 fully saturated rings. The zero-order valence-electron chi connectivity index (χ0n) is 13.8. The minimum absolute atomic E-state index is 0.0946. The number of hydrogen-bond donors (Lipinski definition) is 0. The first-order valence-corrected chi connectivity index (χ1v) is 11.7. The Hall–Kier alpha value is -1.03. The Morgan fingerprint density at radius 2 is 2.28 bits per heavy atom. The van der Waals surface area contributed by atoms with Crippen LogP contribution in [0.5, 0.6) is 0 Å². The highest BCUT2D eigenvalue weighted by Gasteiger charge is 2.30. The third kappa shape index (κ3) is 3.89. The molecule has 0 aliphatic carbocycles. The number of rotatable bonds is 5. The second kappa shape index (κ2) is 6.94. The van der Waals surface area contributed by atoms with Crippen LogP contribution in [-0.4, -0.2) is 41.1 Å². The van der Waals surface area contributed by atoms with Gasteiger partial charge >= 0.3 is 0 Å². The van der Waals surface area contributed by atoms with Crippen molar-refractivity contribution in [1.82, 2.24) is 14.7 Å². The monoisotopic (exact) mass is 399 g/mol. The van der Waals surface area contributed by atoms with Gasteiger partial charge in [-0.15, -0.1) is 16.4 Å². The minimum Gasteiger partial charge on any atom is -0.414 e. The molecule has 0 unspecified atom stereocenters. The molecule has 2 saturated heterocycles. The standard InChI is InChI=1S/C16H21N3O3S3/c20-25(21)8-5-12(10-25)9-15-17-19(16(23)22-15)11-18-6-1-3-13(18)14-4-2-7-24-14/h2,4,7,12-13H,1,3,5-6,8-11H2/t12-,13-/m0/s1. The van der Waals surface area contributed by atoms with Gasteiger partial charge in [0.15, 0.2) is 9.84 Å². The summed E-state index contributed by atoms with van der Waals surface area (Å²) in [5, 5.41) is 6.63. The van der Waals surface area contributed by atoms with Crippen LogP contribution >= 0.6 is 23.6 Å². The number of sulfone groups is 1. The summed E-state index contributed by atoms with van der Waals surface area (Å²) in [4.78, 5) is 4.13. The lowest BCUT2D eigenvalue weighted by Crippen LogP contribution is -2.26. The van der Waals surface area contributed by atoms with Gasteiger partial charge in [0.1, 0.15) is 0 Å². The molecule has 2 aromatic heterocycles. The Bertz CT molecular complexity index is 885. The molecule has 4 rings (SSSR count). The van der Waals surface area contributed by atoms with Crippen molar-refractivity contribution in [2.75, 3.05) is 18.1 Å². The zero-order valence-corrected chi connectivity index (χ0v) is 16.3. The van der Waals surface area contributed by atoms with Crippen LogP contribution in [0, 0.1) is 10.8 Å². The van der Waals surface area contributed by atoms with Crippen LogP contribution < -0.4 is 0 Å². The second-order valence-corrected chi connectivity index (χ2v) is 10.4. The van der Waals surface area contributed by atoms with Crippen molar-refractivity contribution in [3.05, 3.63) is 33.1 Å². The Morgan fingerprint density at radius 1 is 1.40 bits per heavy atom. The first-order chi connectivity index (χ1) is 12.0. The largest absolute Gasteiger partial charge is 0.414 e. The summed E-state index contributed by atoms with van der Waals surface area (Å²) in [7, 11) is -2.88. The zero-order chi connectivity index (χ0) is 17.4. The van der Waals surface area contributed by atoms with Crippen molar-refractivity contribution in [3.63, 3.8) is 0 Å². The SMILES string of the molecule is O=S1(=O)CC[C@@H](Cc2nn(CN3CCC[C@H]3c3cccs3)c(=S)o2)C1. The van der Waals surface area contributed by atoms with Crippen molar-refractivity contribution in [1.29, 1.82) is 0 Å². The van der Waals surface area contributed by atoms with Crippen LogP contribution in [-0.2, 0) is 22.9 Å².